The second-order valence-corrected chi connectivity index (χ2v) is 16.2. The van der Waals surface area contributed by atoms with Crippen molar-refractivity contribution >= 4 is 102 Å². The van der Waals surface area contributed by atoms with Crippen LogP contribution in [-0.2, 0) is 0 Å². The number of hydrogen-bond donors (Lipinski definition) is 0. The Morgan fingerprint density at radius 3 is 1.74 bits per heavy atom. The Morgan fingerprint density at radius 2 is 1.00 bits per heavy atom. The molecular formula is C53H31N3S. The number of rotatable bonds is 3. The molecule has 0 amide bonds. The van der Waals surface area contributed by atoms with Gasteiger partial charge in [-0.2, -0.15) is 0 Å². The maximum absolute atomic E-state index is 5.54. The van der Waals surface area contributed by atoms with Crippen LogP contribution in [0.1, 0.15) is 0 Å². The van der Waals surface area contributed by atoms with Crippen molar-refractivity contribution in [3.8, 4) is 28.1 Å². The molecule has 0 radical (unpaired) electrons. The third-order valence-electron chi connectivity index (χ3n) is 12.1. The Labute approximate surface area is 330 Å². The first kappa shape index (κ1) is 31.0. The fraction of sp³-hybridized carbons (Fsp3) is 0. The van der Waals surface area contributed by atoms with Crippen LogP contribution in [0.4, 0.5) is 0 Å². The van der Waals surface area contributed by atoms with Gasteiger partial charge in [0.05, 0.1) is 32.5 Å². The van der Waals surface area contributed by atoms with Crippen LogP contribution >= 0.6 is 11.3 Å². The van der Waals surface area contributed by atoms with Crippen LogP contribution < -0.4 is 0 Å². The van der Waals surface area contributed by atoms with Gasteiger partial charge in [-0.1, -0.05) is 133 Å². The van der Waals surface area contributed by atoms with Gasteiger partial charge in [0.15, 0.2) is 5.65 Å². The molecule has 3 nitrogen and oxygen atoms in total. The van der Waals surface area contributed by atoms with Crippen LogP contribution in [0.5, 0.6) is 0 Å². The second-order valence-electron chi connectivity index (χ2n) is 15.2. The number of imidazole rings is 1. The number of pyridine rings is 1. The zero-order chi connectivity index (χ0) is 37.2. The number of benzene rings is 9. The predicted molar refractivity (Wildman–Crippen MR) is 243 cm³/mol. The lowest BCUT2D eigenvalue weighted by Gasteiger charge is -2.11. The highest BCUT2D eigenvalue weighted by molar-refractivity contribution is 7.26. The summed E-state index contributed by atoms with van der Waals surface area (Å²) in [7, 11) is 0. The molecule has 13 aromatic rings. The molecule has 0 bridgehead atoms. The van der Waals surface area contributed by atoms with E-state index in [1.807, 2.05) is 11.3 Å². The molecule has 0 saturated heterocycles. The summed E-state index contributed by atoms with van der Waals surface area (Å²) in [4.78, 5) is 5.54. The molecule has 0 aliphatic heterocycles. The van der Waals surface area contributed by atoms with Gasteiger partial charge in [0, 0.05) is 37.3 Å². The van der Waals surface area contributed by atoms with Crippen molar-refractivity contribution in [1.82, 2.24) is 14.0 Å². The van der Waals surface area contributed by atoms with Gasteiger partial charge in [-0.3, -0.25) is 4.40 Å². The summed E-state index contributed by atoms with van der Waals surface area (Å²) in [5.74, 6) is 0. The number of hydrogen-bond acceptors (Lipinski definition) is 2. The smallest absolute Gasteiger partial charge is 0.156 e. The first-order valence-electron chi connectivity index (χ1n) is 19.5. The molecular weight excluding hydrogens is 711 g/mol. The molecule has 0 atom stereocenters. The Hall–Kier alpha value is -7.27. The monoisotopic (exact) mass is 741 g/mol. The third-order valence-corrected chi connectivity index (χ3v) is 13.2. The fourth-order valence-electron chi connectivity index (χ4n) is 9.40. The Kier molecular flexibility index (Phi) is 6.32. The first-order valence-corrected chi connectivity index (χ1v) is 20.3. The molecule has 0 aliphatic rings. The van der Waals surface area contributed by atoms with Crippen molar-refractivity contribution < 1.29 is 0 Å². The van der Waals surface area contributed by atoms with E-state index >= 15 is 0 Å². The number of aromatic nitrogens is 3. The highest BCUT2D eigenvalue weighted by Gasteiger charge is 2.20. The standard InChI is InChI=1S/C53H31N3S/c1-2-11-37-30-43-38(29-36(37)10-1)23-27-47-51(43)54-53-52-44(50-40-12-4-3-9-34(40)24-28-49(50)57-52)31-48(56(47)53)35-19-17-32(18-20-35)33-21-25-39(26-22-33)55-45-15-7-5-13-41(45)42-14-6-8-16-46(42)55/h1-31H. The van der Waals surface area contributed by atoms with Crippen molar-refractivity contribution in [1.29, 1.82) is 0 Å². The molecule has 4 aromatic heterocycles. The Balaban J connectivity index is 1.00. The van der Waals surface area contributed by atoms with E-state index in [9.17, 15) is 0 Å². The van der Waals surface area contributed by atoms with Gasteiger partial charge < -0.3 is 4.57 Å². The molecule has 0 unspecified atom stereocenters. The molecule has 4 heteroatoms. The van der Waals surface area contributed by atoms with E-state index < -0.39 is 0 Å². The molecule has 264 valence electrons. The molecule has 0 fully saturated rings. The minimum atomic E-state index is 1.01. The zero-order valence-electron chi connectivity index (χ0n) is 30.6. The van der Waals surface area contributed by atoms with E-state index in [0.717, 1.165) is 33.6 Å². The van der Waals surface area contributed by atoms with E-state index in [0.29, 0.717) is 0 Å². The van der Waals surface area contributed by atoms with E-state index in [1.54, 1.807) is 0 Å². The maximum Gasteiger partial charge on any atom is 0.156 e. The van der Waals surface area contributed by atoms with Crippen LogP contribution in [0, 0.1) is 0 Å². The maximum atomic E-state index is 5.54. The van der Waals surface area contributed by atoms with Crippen molar-refractivity contribution in [3.63, 3.8) is 0 Å². The third kappa shape index (κ3) is 4.44. The molecule has 9 aromatic carbocycles. The van der Waals surface area contributed by atoms with Crippen LogP contribution in [0.3, 0.4) is 0 Å². The topological polar surface area (TPSA) is 22.2 Å². The molecule has 13 rings (SSSR count). The van der Waals surface area contributed by atoms with Crippen molar-refractivity contribution in [2.45, 2.75) is 0 Å². The number of para-hydroxylation sites is 2. The highest BCUT2D eigenvalue weighted by atomic mass is 32.1. The van der Waals surface area contributed by atoms with Gasteiger partial charge in [0.1, 0.15) is 0 Å². The van der Waals surface area contributed by atoms with Gasteiger partial charge in [0.2, 0.25) is 0 Å². The Bertz CT molecular complexity index is 3740. The normalized spacial score (nSPS) is 12.2. The summed E-state index contributed by atoms with van der Waals surface area (Å²) in [6.45, 7) is 0. The SMILES string of the molecule is c1ccc2cc3c(ccc4c3nc3c5sc6ccc7ccccc7c6c5cc(-c5ccc(-c6ccc(-n7c8ccccc8c8ccccc87)cc6)cc5)n43)cc2c1. The average Bonchev–Trinajstić information content (AvgIpc) is 3.96. The van der Waals surface area contributed by atoms with Crippen LogP contribution in [-0.4, -0.2) is 14.0 Å². The first-order chi connectivity index (χ1) is 28.2. The van der Waals surface area contributed by atoms with E-state index in [-0.39, 0.29) is 0 Å². The number of fused-ring (bicyclic) bond motifs is 15. The molecule has 0 N–H and O–H groups in total. The lowest BCUT2D eigenvalue weighted by Crippen LogP contribution is -1.94. The summed E-state index contributed by atoms with van der Waals surface area (Å²) in [5, 5.41) is 12.5. The highest BCUT2D eigenvalue weighted by Crippen LogP contribution is 2.44. The minimum absolute atomic E-state index is 1.01. The van der Waals surface area contributed by atoms with E-state index in [2.05, 4.69) is 197 Å². The van der Waals surface area contributed by atoms with E-state index in [1.165, 1.54) is 85.4 Å². The lowest BCUT2D eigenvalue weighted by molar-refractivity contribution is 1.18. The summed E-state index contributed by atoms with van der Waals surface area (Å²) in [6.07, 6.45) is 0. The molecule has 0 saturated carbocycles. The second kappa shape index (κ2) is 11.6. The predicted octanol–water partition coefficient (Wildman–Crippen LogP) is 14.7. The van der Waals surface area contributed by atoms with Crippen molar-refractivity contribution in [3.05, 3.63) is 188 Å². The molecule has 0 aliphatic carbocycles. The van der Waals surface area contributed by atoms with Crippen molar-refractivity contribution in [2.75, 3.05) is 0 Å². The quantitative estimate of drug-likeness (QED) is 0.165. The fourth-order valence-corrected chi connectivity index (χ4v) is 10.6. The number of thiophene rings is 1. The van der Waals surface area contributed by atoms with Crippen LogP contribution in [0.25, 0.3) is 119 Å². The Morgan fingerprint density at radius 1 is 0.404 bits per heavy atom. The van der Waals surface area contributed by atoms with Crippen LogP contribution in [0.2, 0.25) is 0 Å². The van der Waals surface area contributed by atoms with Crippen LogP contribution in [0.15, 0.2) is 188 Å². The van der Waals surface area contributed by atoms with E-state index in [4.69, 9.17) is 4.98 Å². The van der Waals surface area contributed by atoms with Crippen molar-refractivity contribution in [2.24, 2.45) is 0 Å². The van der Waals surface area contributed by atoms with Gasteiger partial charge in [-0.05, 0) is 98.2 Å². The number of nitrogens with zero attached hydrogens (tertiary/aromatic N) is 3. The largest absolute Gasteiger partial charge is 0.309 e. The summed E-state index contributed by atoms with van der Waals surface area (Å²) in [6, 6.07) is 68.9. The molecule has 57 heavy (non-hydrogen) atoms. The zero-order valence-corrected chi connectivity index (χ0v) is 31.5. The summed E-state index contributed by atoms with van der Waals surface area (Å²) >= 11 is 1.85. The summed E-state index contributed by atoms with van der Waals surface area (Å²) in [5.41, 5.74) is 11.4. The van der Waals surface area contributed by atoms with Gasteiger partial charge >= 0.3 is 0 Å². The lowest BCUT2D eigenvalue weighted by atomic mass is 10.00. The molecule has 4 heterocycles. The molecule has 0 spiro atoms. The minimum Gasteiger partial charge on any atom is -0.309 e. The average molecular weight is 742 g/mol. The van der Waals surface area contributed by atoms with Gasteiger partial charge in [0.25, 0.3) is 0 Å². The summed E-state index contributed by atoms with van der Waals surface area (Å²) < 4.78 is 7.28. The van der Waals surface area contributed by atoms with Gasteiger partial charge in [-0.25, -0.2) is 4.98 Å². The van der Waals surface area contributed by atoms with Gasteiger partial charge in [-0.15, -0.1) is 11.3 Å².